The molecule has 8 heteroatoms. The van der Waals surface area contributed by atoms with Crippen LogP contribution in [0, 0.1) is 0 Å². The normalized spacial score (nSPS) is 10.4. The number of fused-ring (bicyclic) bond motifs is 1. The minimum atomic E-state index is -0.552. The fourth-order valence-corrected chi connectivity index (χ4v) is 2.95. The highest BCUT2D eigenvalue weighted by molar-refractivity contribution is 6.11. The van der Waals surface area contributed by atoms with Crippen LogP contribution in [0.1, 0.15) is 38.0 Å². The van der Waals surface area contributed by atoms with Crippen molar-refractivity contribution < 1.29 is 28.6 Å². The maximum absolute atomic E-state index is 12.5. The first-order valence-corrected chi connectivity index (χ1v) is 9.12. The van der Waals surface area contributed by atoms with Crippen LogP contribution >= 0.6 is 0 Å². The lowest BCUT2D eigenvalue weighted by Crippen LogP contribution is -2.11. The van der Waals surface area contributed by atoms with Gasteiger partial charge in [0.1, 0.15) is 5.56 Å². The molecule has 0 fully saturated rings. The zero-order chi connectivity index (χ0) is 21.7. The molecular formula is C22H20N2O6. The van der Waals surface area contributed by atoms with Gasteiger partial charge in [-0.15, -0.1) is 0 Å². The first kappa shape index (κ1) is 20.8. The van der Waals surface area contributed by atoms with Crippen LogP contribution in [0.3, 0.4) is 0 Å². The standard InChI is InChI=1S/C22H20N2O6/c1-4-30-22(27)17-12-23-18-15(6-5-7-16(18)21(26)29-3)19(17)24-14-10-8-13(9-11-14)20(25)28-2/h5-12H,4H2,1-3H3,(H,23,24). The molecule has 0 saturated carbocycles. The zero-order valence-electron chi connectivity index (χ0n) is 16.7. The molecule has 2 aromatic carbocycles. The van der Waals surface area contributed by atoms with Gasteiger partial charge in [-0.1, -0.05) is 12.1 Å². The summed E-state index contributed by atoms with van der Waals surface area (Å²) in [7, 11) is 2.60. The number of ether oxygens (including phenoxy) is 3. The van der Waals surface area contributed by atoms with E-state index in [4.69, 9.17) is 14.2 Å². The van der Waals surface area contributed by atoms with Crippen LogP contribution < -0.4 is 5.32 Å². The molecule has 0 radical (unpaired) electrons. The smallest absolute Gasteiger partial charge is 0.341 e. The summed E-state index contributed by atoms with van der Waals surface area (Å²) in [5, 5.41) is 3.72. The molecule has 0 spiro atoms. The molecule has 3 aromatic rings. The van der Waals surface area contributed by atoms with E-state index >= 15 is 0 Å². The van der Waals surface area contributed by atoms with Gasteiger partial charge >= 0.3 is 17.9 Å². The zero-order valence-corrected chi connectivity index (χ0v) is 16.7. The number of aromatic nitrogens is 1. The van der Waals surface area contributed by atoms with Crippen LogP contribution in [0.5, 0.6) is 0 Å². The minimum absolute atomic E-state index is 0.201. The summed E-state index contributed by atoms with van der Waals surface area (Å²) in [6.07, 6.45) is 1.36. The molecule has 0 amide bonds. The molecular weight excluding hydrogens is 388 g/mol. The van der Waals surface area contributed by atoms with Gasteiger partial charge in [0, 0.05) is 17.3 Å². The molecule has 0 aliphatic rings. The van der Waals surface area contributed by atoms with Crippen LogP contribution in [0.15, 0.2) is 48.7 Å². The largest absolute Gasteiger partial charge is 0.465 e. The lowest BCUT2D eigenvalue weighted by molar-refractivity contribution is 0.0525. The SMILES string of the molecule is CCOC(=O)c1cnc2c(C(=O)OC)cccc2c1Nc1ccc(C(=O)OC)cc1. The van der Waals surface area contributed by atoms with E-state index < -0.39 is 17.9 Å². The van der Waals surface area contributed by atoms with E-state index in [-0.39, 0.29) is 17.7 Å². The van der Waals surface area contributed by atoms with Crippen molar-refractivity contribution in [1.82, 2.24) is 4.98 Å². The molecule has 0 saturated heterocycles. The molecule has 3 rings (SSSR count). The van der Waals surface area contributed by atoms with Crippen LogP contribution in [-0.4, -0.2) is 43.7 Å². The van der Waals surface area contributed by atoms with Crippen LogP contribution in [0.2, 0.25) is 0 Å². The second-order valence-corrected chi connectivity index (χ2v) is 6.15. The Morgan fingerprint density at radius 3 is 2.23 bits per heavy atom. The van der Waals surface area contributed by atoms with Gasteiger partial charge in [0.25, 0.3) is 0 Å². The highest BCUT2D eigenvalue weighted by Gasteiger charge is 2.20. The van der Waals surface area contributed by atoms with E-state index in [9.17, 15) is 14.4 Å². The number of benzene rings is 2. The van der Waals surface area contributed by atoms with Crippen molar-refractivity contribution >= 4 is 40.2 Å². The number of carbonyl (C=O) groups excluding carboxylic acids is 3. The van der Waals surface area contributed by atoms with E-state index in [1.165, 1.54) is 20.4 Å². The summed E-state index contributed by atoms with van der Waals surface area (Å²) in [5.41, 5.74) is 2.30. The summed E-state index contributed by atoms with van der Waals surface area (Å²) in [4.78, 5) is 40.6. The Bertz CT molecular complexity index is 1110. The second kappa shape index (κ2) is 9.04. The fraction of sp³-hybridized carbons (Fsp3) is 0.182. The Morgan fingerprint density at radius 1 is 0.900 bits per heavy atom. The molecule has 30 heavy (non-hydrogen) atoms. The number of methoxy groups -OCH3 is 2. The van der Waals surface area contributed by atoms with Gasteiger partial charge in [-0.05, 0) is 37.3 Å². The molecule has 0 atom stereocenters. The third kappa shape index (κ3) is 4.07. The monoisotopic (exact) mass is 408 g/mol. The van der Waals surface area contributed by atoms with E-state index in [2.05, 4.69) is 10.3 Å². The number of rotatable bonds is 6. The fourth-order valence-electron chi connectivity index (χ4n) is 2.95. The van der Waals surface area contributed by atoms with Crippen molar-refractivity contribution in [2.75, 3.05) is 26.1 Å². The second-order valence-electron chi connectivity index (χ2n) is 6.15. The van der Waals surface area contributed by atoms with E-state index in [1.54, 1.807) is 49.4 Å². The molecule has 8 nitrogen and oxygen atoms in total. The summed E-state index contributed by atoms with van der Waals surface area (Å²) < 4.78 is 14.7. The Labute approximate surface area is 172 Å². The van der Waals surface area contributed by atoms with E-state index in [0.29, 0.717) is 27.8 Å². The summed E-state index contributed by atoms with van der Waals surface area (Å²) in [6.45, 7) is 1.91. The van der Waals surface area contributed by atoms with Gasteiger partial charge in [0.2, 0.25) is 0 Å². The Kier molecular flexibility index (Phi) is 6.26. The van der Waals surface area contributed by atoms with Crippen molar-refractivity contribution in [1.29, 1.82) is 0 Å². The first-order valence-electron chi connectivity index (χ1n) is 9.12. The number of nitrogens with zero attached hydrogens (tertiary/aromatic N) is 1. The average Bonchev–Trinajstić information content (AvgIpc) is 2.78. The molecule has 0 bridgehead atoms. The number of carbonyl (C=O) groups is 3. The predicted octanol–water partition coefficient (Wildman–Crippen LogP) is 3.73. The third-order valence-corrected chi connectivity index (χ3v) is 4.37. The number of anilines is 2. The number of pyridine rings is 1. The lowest BCUT2D eigenvalue weighted by atomic mass is 10.0. The molecule has 154 valence electrons. The van der Waals surface area contributed by atoms with Crippen molar-refractivity contribution in [2.45, 2.75) is 6.92 Å². The Balaban J connectivity index is 2.13. The van der Waals surface area contributed by atoms with E-state index in [0.717, 1.165) is 0 Å². The average molecular weight is 408 g/mol. The van der Waals surface area contributed by atoms with Crippen molar-refractivity contribution in [3.63, 3.8) is 0 Å². The summed E-state index contributed by atoms with van der Waals surface area (Å²) in [6, 6.07) is 11.6. The maximum Gasteiger partial charge on any atom is 0.341 e. The third-order valence-electron chi connectivity index (χ3n) is 4.37. The predicted molar refractivity (Wildman–Crippen MR) is 110 cm³/mol. The minimum Gasteiger partial charge on any atom is -0.465 e. The number of hydrogen-bond acceptors (Lipinski definition) is 8. The Hall–Kier alpha value is -3.94. The van der Waals surface area contributed by atoms with Gasteiger partial charge in [-0.25, -0.2) is 14.4 Å². The van der Waals surface area contributed by atoms with Crippen molar-refractivity contribution in [3.8, 4) is 0 Å². The highest BCUT2D eigenvalue weighted by Crippen LogP contribution is 2.31. The van der Waals surface area contributed by atoms with Crippen molar-refractivity contribution in [2.24, 2.45) is 0 Å². The molecule has 0 unspecified atom stereocenters. The van der Waals surface area contributed by atoms with Crippen LogP contribution in [0.4, 0.5) is 11.4 Å². The van der Waals surface area contributed by atoms with Gasteiger partial charge in [-0.2, -0.15) is 0 Å². The topological polar surface area (TPSA) is 104 Å². The number of esters is 3. The van der Waals surface area contributed by atoms with Gasteiger partial charge in [-0.3, -0.25) is 4.98 Å². The van der Waals surface area contributed by atoms with Crippen molar-refractivity contribution in [3.05, 3.63) is 65.4 Å². The number of nitrogens with one attached hydrogen (secondary N) is 1. The molecule has 1 N–H and O–H groups in total. The summed E-state index contributed by atoms with van der Waals surface area (Å²) >= 11 is 0. The quantitative estimate of drug-likeness (QED) is 0.486. The van der Waals surface area contributed by atoms with Gasteiger partial charge in [0.05, 0.1) is 43.2 Å². The van der Waals surface area contributed by atoms with Gasteiger partial charge < -0.3 is 19.5 Å². The molecule has 1 aromatic heterocycles. The Morgan fingerprint density at radius 2 is 1.60 bits per heavy atom. The van der Waals surface area contributed by atoms with Crippen LogP contribution in [-0.2, 0) is 14.2 Å². The number of para-hydroxylation sites is 1. The molecule has 0 aliphatic carbocycles. The number of hydrogen-bond donors (Lipinski definition) is 1. The lowest BCUT2D eigenvalue weighted by Gasteiger charge is -2.15. The summed E-state index contributed by atoms with van der Waals surface area (Å²) in [5.74, 6) is -1.54. The van der Waals surface area contributed by atoms with Gasteiger partial charge in [0.15, 0.2) is 0 Å². The van der Waals surface area contributed by atoms with Crippen LogP contribution in [0.25, 0.3) is 10.9 Å². The maximum atomic E-state index is 12.5. The van der Waals surface area contributed by atoms with E-state index in [1.807, 2.05) is 0 Å². The highest BCUT2D eigenvalue weighted by atomic mass is 16.5. The first-order chi connectivity index (χ1) is 14.5. The molecule has 1 heterocycles. The molecule has 0 aliphatic heterocycles.